The third-order valence-electron chi connectivity index (χ3n) is 25.0. The second kappa shape index (κ2) is 36.3. The van der Waals surface area contributed by atoms with Crippen molar-refractivity contribution in [1.29, 1.82) is 0 Å². The first-order chi connectivity index (χ1) is 67.5. The Bertz CT molecular complexity index is 8150. The predicted molar refractivity (Wildman–Crippen MR) is 528 cm³/mol. The monoisotopic (exact) mass is 1890 g/mol. The molecular weight excluding hydrogens is 1810 g/mol. The van der Waals surface area contributed by atoms with Crippen molar-refractivity contribution in [1.82, 2.24) is 39.0 Å². The van der Waals surface area contributed by atoms with Crippen LogP contribution in [0.15, 0.2) is 376 Å². The molecule has 23 heteroatoms. The van der Waals surface area contributed by atoms with Gasteiger partial charge in [0.1, 0.15) is 0 Å². The van der Waals surface area contributed by atoms with Gasteiger partial charge in [-0.15, -0.1) is 0 Å². The van der Waals surface area contributed by atoms with Gasteiger partial charge in [0, 0.05) is 77.2 Å². The lowest BCUT2D eigenvalue weighted by Gasteiger charge is -2.21. The molecule has 0 amide bonds. The quantitative estimate of drug-likeness (QED) is 0.0951. The minimum absolute atomic E-state index is 0.269. The number of halogens is 15. The van der Waals surface area contributed by atoms with Crippen molar-refractivity contribution in [2.24, 2.45) is 0 Å². The van der Waals surface area contributed by atoms with Crippen LogP contribution in [-0.4, -0.2) is 39.0 Å². The molecule has 21 aromatic rings. The highest BCUT2D eigenvalue weighted by Crippen LogP contribution is 2.51. The highest BCUT2D eigenvalue weighted by Gasteiger charge is 2.37. The summed E-state index contributed by atoms with van der Waals surface area (Å²) in [6, 6.07) is 107. The lowest BCUT2D eigenvalue weighted by Crippen LogP contribution is -2.06. The van der Waals surface area contributed by atoms with Gasteiger partial charge in [-0.3, -0.25) is 0 Å². The van der Waals surface area contributed by atoms with Crippen molar-refractivity contribution in [2.75, 3.05) is 0 Å². The zero-order valence-electron chi connectivity index (χ0n) is 75.5. The molecule has 0 atom stereocenters. The molecule has 21 rings (SSSR count). The van der Waals surface area contributed by atoms with E-state index in [9.17, 15) is 65.9 Å². The standard InChI is InChI=1S/C63H41F9N4.C55H36F6N4/c1-36-14-16-39(17-15-36)51-34-47(60-74-58(41-10-6-4-7-11-41)73-59(75-60)42-12-8-5-9-13-42)35-52(40-18-22-48(23-19-40)61(64,65)66)57(51)76-55-24-20-43(45-26-37(2)28-49(30-45)62(67,68)69)32-53(55)54-33-44(21-25-56(54)76)46-27-38(3)29-50(31-46)63(70,71)72;1-33-17-19-35(20-18-33)45-31-41(53-63-51(37-11-5-3-6-12-37)62-52(64-53)38-13-7-4-8-14-38)32-46(36-21-24-42(25-22-36)54(56,57)58)50(45)65-48-16-10-9-15-44(48)47-30-39(23-26-49(47)65)40-27-34(2)28-43(29-40)55(59,60)61/h4-35H,1-3H3;3-32H,1-2H3. The van der Waals surface area contributed by atoms with E-state index in [4.69, 9.17) is 29.9 Å². The molecule has 694 valence electrons. The number of aromatic nitrogens is 8. The molecule has 0 unspecified atom stereocenters. The molecule has 0 aliphatic heterocycles. The lowest BCUT2D eigenvalue weighted by molar-refractivity contribution is -0.138. The zero-order chi connectivity index (χ0) is 98.3. The maximum atomic E-state index is 14.3. The van der Waals surface area contributed by atoms with Crippen molar-refractivity contribution >= 4 is 43.6 Å². The highest BCUT2D eigenvalue weighted by atomic mass is 19.4. The largest absolute Gasteiger partial charge is 0.416 e. The molecule has 141 heavy (non-hydrogen) atoms. The first-order valence-electron chi connectivity index (χ1n) is 44.8. The Morgan fingerprint density at radius 3 is 0.660 bits per heavy atom. The average Bonchev–Trinajstić information content (AvgIpc) is 1.57. The Hall–Kier alpha value is -16.7. The Morgan fingerprint density at radius 1 is 0.163 bits per heavy atom. The van der Waals surface area contributed by atoms with Gasteiger partial charge in [-0.25, -0.2) is 29.9 Å². The van der Waals surface area contributed by atoms with E-state index in [1.165, 1.54) is 24.3 Å². The molecule has 0 saturated carbocycles. The summed E-state index contributed by atoms with van der Waals surface area (Å²) in [6.45, 7) is 8.73. The normalized spacial score (nSPS) is 12.1. The van der Waals surface area contributed by atoms with Crippen LogP contribution in [-0.2, 0) is 30.9 Å². The predicted octanol–water partition coefficient (Wildman–Crippen LogP) is 34.2. The second-order valence-corrected chi connectivity index (χ2v) is 34.9. The molecule has 0 saturated heterocycles. The second-order valence-electron chi connectivity index (χ2n) is 34.9. The van der Waals surface area contributed by atoms with Crippen LogP contribution in [0.4, 0.5) is 65.9 Å². The van der Waals surface area contributed by atoms with Gasteiger partial charge in [-0.05, 0) is 234 Å². The van der Waals surface area contributed by atoms with Gasteiger partial charge in [0.05, 0.1) is 61.3 Å². The topological polar surface area (TPSA) is 87.2 Å². The van der Waals surface area contributed by atoms with E-state index in [0.29, 0.717) is 157 Å². The van der Waals surface area contributed by atoms with E-state index in [0.717, 1.165) is 116 Å². The Kier molecular flexibility index (Phi) is 23.7. The van der Waals surface area contributed by atoms with E-state index in [1.54, 1.807) is 75.4 Å². The highest BCUT2D eigenvalue weighted by molar-refractivity contribution is 6.14. The number of alkyl halides is 15. The molecule has 4 aromatic heterocycles. The minimum Gasteiger partial charge on any atom is -0.308 e. The number of hydrogen-bond acceptors (Lipinski definition) is 6. The number of fused-ring (bicyclic) bond motifs is 6. The van der Waals surface area contributed by atoms with Gasteiger partial charge in [0.2, 0.25) is 0 Å². The fourth-order valence-electron chi connectivity index (χ4n) is 18.3. The maximum Gasteiger partial charge on any atom is 0.416 e. The number of hydrogen-bond donors (Lipinski definition) is 0. The summed E-state index contributed by atoms with van der Waals surface area (Å²) in [7, 11) is 0. The van der Waals surface area contributed by atoms with Crippen LogP contribution < -0.4 is 0 Å². The molecule has 0 spiro atoms. The first kappa shape index (κ1) is 92.0. The van der Waals surface area contributed by atoms with Gasteiger partial charge in [0.25, 0.3) is 0 Å². The number of nitrogens with zero attached hydrogens (tertiary/aromatic N) is 8. The summed E-state index contributed by atoms with van der Waals surface area (Å²) in [5.41, 5.74) is 14.3. The molecule has 8 nitrogen and oxygen atoms in total. The van der Waals surface area contributed by atoms with Gasteiger partial charge in [-0.2, -0.15) is 65.9 Å². The third-order valence-corrected chi connectivity index (χ3v) is 25.0. The van der Waals surface area contributed by atoms with Crippen LogP contribution in [0.2, 0.25) is 0 Å². The van der Waals surface area contributed by atoms with Crippen molar-refractivity contribution in [3.8, 4) is 158 Å². The average molecular weight is 1890 g/mol. The summed E-state index contributed by atoms with van der Waals surface area (Å²) in [5, 5.41) is 2.71. The van der Waals surface area contributed by atoms with E-state index < -0.39 is 58.7 Å². The van der Waals surface area contributed by atoms with Crippen molar-refractivity contribution in [3.63, 3.8) is 0 Å². The number of aryl methyl sites for hydroxylation is 5. The number of benzene rings is 17. The molecule has 0 radical (unpaired) electrons. The van der Waals surface area contributed by atoms with Crippen LogP contribution in [0, 0.1) is 34.6 Å². The van der Waals surface area contributed by atoms with Crippen LogP contribution in [0.5, 0.6) is 0 Å². The Balaban J connectivity index is 0.000000175. The summed E-state index contributed by atoms with van der Waals surface area (Å²) in [4.78, 5) is 29.9. The van der Waals surface area contributed by atoms with Gasteiger partial charge >= 0.3 is 30.9 Å². The van der Waals surface area contributed by atoms with E-state index in [-0.39, 0.29) is 17.0 Å². The SMILES string of the molecule is Cc1ccc(-c2cc(-c3nc(-c4ccccc4)nc(-c4ccccc4)n3)cc(-c3ccc(C(F)(F)F)cc3)c2-n2c3ccc(-c4cc(C)cc(C(F)(F)F)c4)cc3c3cc(-c4cc(C)cc(C(F)(F)F)c4)ccc32)cc1.Cc1ccc(-c2cc(-c3nc(-c4ccccc4)nc(-c4ccccc4)n3)cc(-c3ccc(C(F)(F)F)cc3)c2-n2c3ccccc3c3cc(-c4cc(C)cc(C(F)(F)F)c4)ccc32)cc1. The van der Waals surface area contributed by atoms with Crippen molar-refractivity contribution in [2.45, 2.75) is 65.5 Å². The van der Waals surface area contributed by atoms with Crippen molar-refractivity contribution in [3.05, 3.63) is 432 Å². The number of rotatable bonds is 15. The Morgan fingerprint density at radius 2 is 0.390 bits per heavy atom. The minimum atomic E-state index is -4.65. The molecule has 17 aromatic carbocycles. The van der Waals surface area contributed by atoms with E-state index in [2.05, 4.69) is 4.57 Å². The molecule has 0 aliphatic carbocycles. The van der Waals surface area contributed by atoms with E-state index >= 15 is 0 Å². The van der Waals surface area contributed by atoms with Gasteiger partial charge in [0.15, 0.2) is 34.9 Å². The maximum absolute atomic E-state index is 14.3. The van der Waals surface area contributed by atoms with Crippen LogP contribution in [0.25, 0.3) is 201 Å². The molecule has 0 aliphatic rings. The van der Waals surface area contributed by atoms with Gasteiger partial charge < -0.3 is 9.13 Å². The smallest absolute Gasteiger partial charge is 0.308 e. The fraction of sp³-hybridized carbons (Fsp3) is 0.0847. The summed E-state index contributed by atoms with van der Waals surface area (Å²) < 4.78 is 217. The molecular formula is C118H77F15N8. The molecule has 0 fully saturated rings. The number of para-hydroxylation sites is 1. The first-order valence-corrected chi connectivity index (χ1v) is 44.8. The Labute approximate surface area is 798 Å². The van der Waals surface area contributed by atoms with E-state index in [1.807, 2.05) is 255 Å². The molecule has 0 bridgehead atoms. The fourth-order valence-corrected chi connectivity index (χ4v) is 18.3. The van der Waals surface area contributed by atoms with Crippen LogP contribution >= 0.6 is 0 Å². The molecule has 0 N–H and O–H groups in total. The molecule has 4 heterocycles. The zero-order valence-corrected chi connectivity index (χ0v) is 75.5. The summed E-state index contributed by atoms with van der Waals surface area (Å²) in [6.07, 6.45) is -23.0. The van der Waals surface area contributed by atoms with Crippen LogP contribution in [0.1, 0.15) is 55.6 Å². The third kappa shape index (κ3) is 18.7. The summed E-state index contributed by atoms with van der Waals surface area (Å²) in [5.74, 6) is 2.27. The lowest BCUT2D eigenvalue weighted by atomic mass is 9.91. The van der Waals surface area contributed by atoms with Crippen molar-refractivity contribution < 1.29 is 65.9 Å². The summed E-state index contributed by atoms with van der Waals surface area (Å²) >= 11 is 0. The van der Waals surface area contributed by atoms with Crippen LogP contribution in [0.3, 0.4) is 0 Å². The van der Waals surface area contributed by atoms with Gasteiger partial charge in [-0.1, -0.05) is 260 Å².